The second-order valence-electron chi connectivity index (χ2n) is 9.06. The zero-order chi connectivity index (χ0) is 21.6. The first kappa shape index (κ1) is 21.9. The van der Waals surface area contributed by atoms with Crippen LogP contribution < -0.4 is 0 Å². The monoisotopic (exact) mass is 426 g/mol. The second kappa shape index (κ2) is 10.4. The number of nitrogens with zero attached hydrogens (tertiary/aromatic N) is 2. The Balaban J connectivity index is 1.20. The molecule has 0 atom stereocenters. The summed E-state index contributed by atoms with van der Waals surface area (Å²) < 4.78 is 27.0. The van der Waals surface area contributed by atoms with Gasteiger partial charge >= 0.3 is 0 Å². The van der Waals surface area contributed by atoms with E-state index in [9.17, 15) is 13.6 Å². The average Bonchev–Trinajstić information content (AvgIpc) is 3.31. The Labute approximate surface area is 184 Å². The van der Waals surface area contributed by atoms with Gasteiger partial charge in [0, 0.05) is 37.7 Å². The number of benzene rings is 2. The number of rotatable bonds is 7. The van der Waals surface area contributed by atoms with Crippen molar-refractivity contribution in [3.63, 3.8) is 0 Å². The number of aryl methyl sites for hydroxylation is 1. The highest BCUT2D eigenvalue weighted by atomic mass is 19.1. The summed E-state index contributed by atoms with van der Waals surface area (Å²) in [5.74, 6) is -0.0562. The van der Waals surface area contributed by atoms with Gasteiger partial charge in [0.25, 0.3) is 0 Å². The van der Waals surface area contributed by atoms with E-state index in [0.717, 1.165) is 70.8 Å². The number of amides is 1. The van der Waals surface area contributed by atoms with Crippen LogP contribution in [0.15, 0.2) is 42.5 Å². The number of carbonyl (C=O) groups excluding carboxylic acids is 1. The second-order valence-corrected chi connectivity index (χ2v) is 9.06. The van der Waals surface area contributed by atoms with Crippen molar-refractivity contribution < 1.29 is 13.6 Å². The Kier molecular flexibility index (Phi) is 7.33. The number of hydrogen-bond acceptors (Lipinski definition) is 2. The number of hydrogen-bond donors (Lipinski definition) is 0. The van der Waals surface area contributed by atoms with E-state index in [1.807, 2.05) is 4.90 Å². The Morgan fingerprint density at radius 1 is 0.903 bits per heavy atom. The van der Waals surface area contributed by atoms with Gasteiger partial charge < -0.3 is 4.90 Å². The molecule has 5 heteroatoms. The van der Waals surface area contributed by atoms with Gasteiger partial charge in [0.15, 0.2) is 0 Å². The van der Waals surface area contributed by atoms with Gasteiger partial charge in [0.2, 0.25) is 5.91 Å². The maximum atomic E-state index is 13.9. The number of piperidine rings is 1. The molecule has 2 aromatic rings. The van der Waals surface area contributed by atoms with Crippen LogP contribution in [0, 0.1) is 17.6 Å². The Bertz CT molecular complexity index is 869. The molecule has 2 heterocycles. The molecule has 2 aliphatic rings. The van der Waals surface area contributed by atoms with Gasteiger partial charge in [-0.1, -0.05) is 30.3 Å². The van der Waals surface area contributed by atoms with Crippen molar-refractivity contribution in [2.24, 2.45) is 5.92 Å². The third kappa shape index (κ3) is 6.13. The van der Waals surface area contributed by atoms with Crippen LogP contribution in [0.25, 0.3) is 0 Å². The SMILES string of the molecule is O=C(CCc1ccc(CC2CCN(Cc3ccc(F)cc3F)CC2)cc1)N1CCCC1. The molecule has 0 aromatic heterocycles. The number of carbonyl (C=O) groups is 1. The van der Waals surface area contributed by atoms with Crippen molar-refractivity contribution in [1.29, 1.82) is 0 Å². The fourth-order valence-electron chi connectivity index (χ4n) is 4.79. The zero-order valence-electron chi connectivity index (χ0n) is 18.2. The summed E-state index contributed by atoms with van der Waals surface area (Å²) >= 11 is 0. The van der Waals surface area contributed by atoms with Gasteiger partial charge in [-0.15, -0.1) is 0 Å². The predicted molar refractivity (Wildman–Crippen MR) is 119 cm³/mol. The Hall–Kier alpha value is -2.27. The summed E-state index contributed by atoms with van der Waals surface area (Å²) in [5, 5.41) is 0. The lowest BCUT2D eigenvalue weighted by Gasteiger charge is -2.32. The molecule has 4 rings (SSSR count). The molecule has 0 N–H and O–H groups in total. The maximum Gasteiger partial charge on any atom is 0.222 e. The first-order valence-electron chi connectivity index (χ1n) is 11.6. The van der Waals surface area contributed by atoms with Crippen LogP contribution in [0.1, 0.15) is 48.8 Å². The minimum atomic E-state index is -0.524. The van der Waals surface area contributed by atoms with E-state index in [1.165, 1.54) is 17.2 Å². The summed E-state index contributed by atoms with van der Waals surface area (Å²) in [6.45, 7) is 4.28. The minimum Gasteiger partial charge on any atom is -0.343 e. The van der Waals surface area contributed by atoms with Crippen molar-refractivity contribution in [2.75, 3.05) is 26.2 Å². The largest absolute Gasteiger partial charge is 0.343 e. The lowest BCUT2D eigenvalue weighted by molar-refractivity contribution is -0.130. The quantitative estimate of drug-likeness (QED) is 0.624. The van der Waals surface area contributed by atoms with E-state index in [-0.39, 0.29) is 5.91 Å². The zero-order valence-corrected chi connectivity index (χ0v) is 18.2. The Morgan fingerprint density at radius 3 is 2.26 bits per heavy atom. The third-order valence-electron chi connectivity index (χ3n) is 6.75. The molecule has 2 saturated heterocycles. The fraction of sp³-hybridized carbons (Fsp3) is 0.500. The molecule has 31 heavy (non-hydrogen) atoms. The molecule has 0 radical (unpaired) electrons. The van der Waals surface area contributed by atoms with Gasteiger partial charge in [-0.25, -0.2) is 8.78 Å². The lowest BCUT2D eigenvalue weighted by atomic mass is 9.89. The minimum absolute atomic E-state index is 0.286. The maximum absolute atomic E-state index is 13.9. The van der Waals surface area contributed by atoms with Gasteiger partial charge in [-0.2, -0.15) is 0 Å². The first-order valence-corrected chi connectivity index (χ1v) is 11.6. The standard InChI is InChI=1S/C26H32F2N2O/c27-24-9-8-23(25(28)18-24)19-29-15-11-22(12-16-29)17-21-5-3-20(4-6-21)7-10-26(31)30-13-1-2-14-30/h3-6,8-9,18,22H,1-2,7,10-17,19H2. The molecular formula is C26H32F2N2O. The highest BCUT2D eigenvalue weighted by molar-refractivity contribution is 5.76. The fourth-order valence-corrected chi connectivity index (χ4v) is 4.79. The van der Waals surface area contributed by atoms with Crippen LogP contribution in [0.4, 0.5) is 8.78 Å². The van der Waals surface area contributed by atoms with Crippen LogP contribution in [-0.4, -0.2) is 41.9 Å². The molecular weight excluding hydrogens is 394 g/mol. The van der Waals surface area contributed by atoms with Crippen LogP contribution in [-0.2, 0) is 24.2 Å². The van der Waals surface area contributed by atoms with Crippen LogP contribution in [0.5, 0.6) is 0 Å². The molecule has 2 fully saturated rings. The van der Waals surface area contributed by atoms with Crippen LogP contribution in [0.3, 0.4) is 0 Å². The highest BCUT2D eigenvalue weighted by Gasteiger charge is 2.21. The summed E-state index contributed by atoms with van der Waals surface area (Å²) in [5.41, 5.74) is 3.14. The van der Waals surface area contributed by atoms with Gasteiger partial charge in [-0.05, 0) is 74.7 Å². The predicted octanol–water partition coefficient (Wildman–Crippen LogP) is 4.97. The highest BCUT2D eigenvalue weighted by Crippen LogP contribution is 2.24. The van der Waals surface area contributed by atoms with Gasteiger partial charge in [0.1, 0.15) is 11.6 Å². The van der Waals surface area contributed by atoms with E-state index < -0.39 is 11.6 Å². The van der Waals surface area contributed by atoms with Crippen molar-refractivity contribution in [3.05, 3.63) is 70.8 Å². The van der Waals surface area contributed by atoms with Crippen LogP contribution in [0.2, 0.25) is 0 Å². The molecule has 0 aliphatic carbocycles. The molecule has 2 aromatic carbocycles. The molecule has 3 nitrogen and oxygen atoms in total. The third-order valence-corrected chi connectivity index (χ3v) is 6.75. The van der Waals surface area contributed by atoms with Gasteiger partial charge in [0.05, 0.1) is 0 Å². The lowest BCUT2D eigenvalue weighted by Crippen LogP contribution is -2.34. The van der Waals surface area contributed by atoms with Crippen molar-refractivity contribution >= 4 is 5.91 Å². The molecule has 0 unspecified atom stereocenters. The summed E-state index contributed by atoms with van der Waals surface area (Å²) in [7, 11) is 0. The molecule has 2 aliphatic heterocycles. The molecule has 1 amide bonds. The van der Waals surface area contributed by atoms with Crippen molar-refractivity contribution in [2.45, 2.75) is 51.5 Å². The molecule has 0 saturated carbocycles. The average molecular weight is 427 g/mol. The van der Waals surface area contributed by atoms with Crippen molar-refractivity contribution in [3.8, 4) is 0 Å². The van der Waals surface area contributed by atoms with Crippen LogP contribution >= 0.6 is 0 Å². The summed E-state index contributed by atoms with van der Waals surface area (Å²) in [6.07, 6.45) is 6.95. The van der Waals surface area contributed by atoms with E-state index in [2.05, 4.69) is 29.2 Å². The summed E-state index contributed by atoms with van der Waals surface area (Å²) in [6, 6.07) is 12.6. The molecule has 166 valence electrons. The number of halogens is 2. The van der Waals surface area contributed by atoms with E-state index in [0.29, 0.717) is 24.4 Å². The van der Waals surface area contributed by atoms with E-state index in [4.69, 9.17) is 0 Å². The molecule has 0 spiro atoms. The smallest absolute Gasteiger partial charge is 0.222 e. The van der Waals surface area contributed by atoms with E-state index in [1.54, 1.807) is 6.07 Å². The summed E-state index contributed by atoms with van der Waals surface area (Å²) in [4.78, 5) is 16.5. The number of likely N-dealkylation sites (tertiary alicyclic amines) is 2. The Morgan fingerprint density at radius 2 is 1.58 bits per heavy atom. The normalized spacial score (nSPS) is 17.9. The molecule has 0 bridgehead atoms. The first-order chi connectivity index (χ1) is 15.1. The topological polar surface area (TPSA) is 23.6 Å². The van der Waals surface area contributed by atoms with Gasteiger partial charge in [-0.3, -0.25) is 9.69 Å². The van der Waals surface area contributed by atoms with E-state index >= 15 is 0 Å². The van der Waals surface area contributed by atoms with Crippen molar-refractivity contribution in [1.82, 2.24) is 9.80 Å².